The molecule has 11 aromatic rings. The second-order valence-corrected chi connectivity index (χ2v) is 13.3. The second-order valence-electron chi connectivity index (χ2n) is 13.3. The third kappa shape index (κ3) is 5.27. The first-order chi connectivity index (χ1) is 27.2. The summed E-state index contributed by atoms with van der Waals surface area (Å²) in [7, 11) is 0. The van der Waals surface area contributed by atoms with Gasteiger partial charge in [-0.1, -0.05) is 84.9 Å². The van der Waals surface area contributed by atoms with Crippen molar-refractivity contribution in [3.63, 3.8) is 0 Å². The fourth-order valence-corrected chi connectivity index (χ4v) is 7.36. The maximum Gasteiger partial charge on any atom is 0.227 e. The predicted molar refractivity (Wildman–Crippen MR) is 216 cm³/mol. The molecule has 0 spiro atoms. The number of hydrogen-bond donors (Lipinski definition) is 0. The van der Waals surface area contributed by atoms with Crippen LogP contribution in [0.3, 0.4) is 0 Å². The molecule has 0 unspecified atom stereocenters. The van der Waals surface area contributed by atoms with Crippen LogP contribution in [0, 0.1) is 0 Å². The third-order valence-corrected chi connectivity index (χ3v) is 9.92. The maximum atomic E-state index is 6.15. The van der Waals surface area contributed by atoms with Crippen molar-refractivity contribution in [2.45, 2.75) is 0 Å². The van der Waals surface area contributed by atoms with E-state index in [1.54, 1.807) is 0 Å². The molecule has 0 N–H and O–H groups in total. The molecule has 4 aromatic heterocycles. The zero-order valence-corrected chi connectivity index (χ0v) is 29.2. The van der Waals surface area contributed by atoms with Gasteiger partial charge in [0.1, 0.15) is 11.0 Å². The summed E-state index contributed by atoms with van der Waals surface area (Å²) < 4.78 is 14.6. The quantitative estimate of drug-likeness (QED) is 0.170. The first kappa shape index (κ1) is 30.9. The minimum atomic E-state index is 0.514. The lowest BCUT2D eigenvalue weighted by Crippen LogP contribution is -2.00. The predicted octanol–water partition coefficient (Wildman–Crippen LogP) is 11.6. The molecular weight excluding hydrogens is 681 g/mol. The highest BCUT2D eigenvalue weighted by atomic mass is 16.4. The summed E-state index contributed by atoms with van der Waals surface area (Å²) in [4.78, 5) is 25.2. The van der Waals surface area contributed by atoms with Crippen molar-refractivity contribution < 1.29 is 8.83 Å². The molecule has 0 radical (unpaired) electrons. The van der Waals surface area contributed by atoms with Crippen LogP contribution in [0.5, 0.6) is 0 Å². The molecule has 0 fully saturated rings. The van der Waals surface area contributed by atoms with Gasteiger partial charge in [-0.15, -0.1) is 0 Å². The fourth-order valence-electron chi connectivity index (χ4n) is 7.36. The zero-order valence-electron chi connectivity index (χ0n) is 29.2. The van der Waals surface area contributed by atoms with Gasteiger partial charge >= 0.3 is 0 Å². The van der Waals surface area contributed by atoms with Crippen LogP contribution in [0.4, 0.5) is 0 Å². The van der Waals surface area contributed by atoms with E-state index in [4.69, 9.17) is 33.8 Å². The molecular formula is C47H28N6O2. The summed E-state index contributed by atoms with van der Waals surface area (Å²) in [5.41, 5.74) is 10.3. The Kier molecular flexibility index (Phi) is 6.99. The molecule has 4 heterocycles. The summed E-state index contributed by atoms with van der Waals surface area (Å²) in [5.74, 6) is 2.70. The van der Waals surface area contributed by atoms with Gasteiger partial charge in [0.2, 0.25) is 11.8 Å². The van der Waals surface area contributed by atoms with Crippen LogP contribution >= 0.6 is 0 Å². The standard InChI is InChI=1S/C47H28N6O2/c1-4-13-29(14-5-1)46-48-36-27-31(23-25-40(36)54-46)43-50-44(32-24-26-41-37(28-32)49-47(55-41)30-15-6-2-7-16-30)52-45(51-43)35-20-12-22-39-42(35)34-19-10-11-21-38(34)53(39)33-17-8-3-9-18-33/h1-28H. The minimum Gasteiger partial charge on any atom is -0.436 e. The number of rotatable bonds is 6. The molecule has 7 aromatic carbocycles. The first-order valence-corrected chi connectivity index (χ1v) is 18.0. The molecule has 0 aliphatic heterocycles. The lowest BCUT2D eigenvalue weighted by atomic mass is 10.1. The Morgan fingerprint density at radius 2 is 0.891 bits per heavy atom. The van der Waals surface area contributed by atoms with E-state index in [2.05, 4.69) is 71.3 Å². The number of benzene rings is 7. The van der Waals surface area contributed by atoms with Crippen molar-refractivity contribution in [2.75, 3.05) is 0 Å². The lowest BCUT2D eigenvalue weighted by molar-refractivity contribution is 0.619. The van der Waals surface area contributed by atoms with Crippen molar-refractivity contribution in [3.05, 3.63) is 170 Å². The number of hydrogen-bond acceptors (Lipinski definition) is 7. The van der Waals surface area contributed by atoms with Crippen LogP contribution in [0.25, 0.3) is 107 Å². The summed E-state index contributed by atoms with van der Waals surface area (Å²) >= 11 is 0. The van der Waals surface area contributed by atoms with E-state index < -0.39 is 0 Å². The summed E-state index contributed by atoms with van der Waals surface area (Å²) in [6.45, 7) is 0. The van der Waals surface area contributed by atoms with Gasteiger partial charge in [-0.3, -0.25) is 0 Å². The summed E-state index contributed by atoms with van der Waals surface area (Å²) in [6, 6.07) is 56.7. The van der Waals surface area contributed by atoms with Gasteiger partial charge in [0.25, 0.3) is 0 Å². The van der Waals surface area contributed by atoms with Gasteiger partial charge in [0.05, 0.1) is 11.0 Å². The molecule has 0 amide bonds. The molecule has 8 nitrogen and oxygen atoms in total. The minimum absolute atomic E-state index is 0.514. The van der Waals surface area contributed by atoms with Crippen LogP contribution in [-0.4, -0.2) is 29.5 Å². The third-order valence-electron chi connectivity index (χ3n) is 9.92. The molecule has 0 atom stereocenters. The van der Waals surface area contributed by atoms with Gasteiger partial charge in [0.15, 0.2) is 28.6 Å². The van der Waals surface area contributed by atoms with Gasteiger partial charge < -0.3 is 13.4 Å². The van der Waals surface area contributed by atoms with Crippen LogP contribution in [0.1, 0.15) is 0 Å². The van der Waals surface area contributed by atoms with E-state index in [-0.39, 0.29) is 0 Å². The van der Waals surface area contributed by atoms with Crippen LogP contribution in [-0.2, 0) is 0 Å². The van der Waals surface area contributed by atoms with Gasteiger partial charge in [-0.2, -0.15) is 0 Å². The van der Waals surface area contributed by atoms with Crippen molar-refractivity contribution >= 4 is 44.0 Å². The first-order valence-electron chi connectivity index (χ1n) is 18.0. The van der Waals surface area contributed by atoms with E-state index in [9.17, 15) is 0 Å². The summed E-state index contributed by atoms with van der Waals surface area (Å²) in [6.07, 6.45) is 0. The van der Waals surface area contributed by atoms with Crippen molar-refractivity contribution in [3.8, 4) is 62.8 Å². The zero-order chi connectivity index (χ0) is 36.3. The number of para-hydroxylation sites is 2. The highest BCUT2D eigenvalue weighted by Crippen LogP contribution is 2.39. The van der Waals surface area contributed by atoms with E-state index in [1.165, 1.54) is 0 Å². The number of aromatic nitrogens is 6. The Bertz CT molecular complexity index is 3070. The lowest BCUT2D eigenvalue weighted by Gasteiger charge is -2.10. The highest BCUT2D eigenvalue weighted by Gasteiger charge is 2.21. The molecule has 0 saturated carbocycles. The molecule has 8 heteroatoms. The van der Waals surface area contributed by atoms with Crippen molar-refractivity contribution in [1.29, 1.82) is 0 Å². The van der Waals surface area contributed by atoms with Crippen LogP contribution in [0.15, 0.2) is 179 Å². The SMILES string of the molecule is c1ccc(-c2nc3cc(-c4nc(-c5ccc6oc(-c7ccccc7)nc6c5)nc(-c5cccc6c5c5ccccc5n6-c5ccccc5)n4)ccc3o2)cc1. The Balaban J connectivity index is 1.12. The molecule has 11 rings (SSSR count). The van der Waals surface area contributed by atoms with Gasteiger partial charge in [-0.25, -0.2) is 24.9 Å². The van der Waals surface area contributed by atoms with Gasteiger partial charge in [-0.05, 0) is 84.9 Å². The van der Waals surface area contributed by atoms with Crippen molar-refractivity contribution in [1.82, 2.24) is 29.5 Å². The average Bonchev–Trinajstić information content (AvgIpc) is 3.98. The van der Waals surface area contributed by atoms with E-state index >= 15 is 0 Å². The van der Waals surface area contributed by atoms with Gasteiger partial charge in [0, 0.05) is 44.3 Å². The highest BCUT2D eigenvalue weighted by molar-refractivity contribution is 6.15. The Morgan fingerprint density at radius 3 is 1.49 bits per heavy atom. The topological polar surface area (TPSA) is 95.7 Å². The molecule has 0 saturated heterocycles. The second kappa shape index (κ2) is 12.5. The molecule has 258 valence electrons. The number of oxazole rings is 2. The Labute approximate surface area is 314 Å². The normalized spacial score (nSPS) is 11.6. The monoisotopic (exact) mass is 708 g/mol. The molecule has 0 bridgehead atoms. The Morgan fingerprint density at radius 1 is 0.382 bits per heavy atom. The van der Waals surface area contributed by atoms with Crippen LogP contribution in [0.2, 0.25) is 0 Å². The van der Waals surface area contributed by atoms with Crippen LogP contribution < -0.4 is 0 Å². The van der Waals surface area contributed by atoms with E-state index in [0.717, 1.165) is 55.3 Å². The smallest absolute Gasteiger partial charge is 0.227 e. The van der Waals surface area contributed by atoms with E-state index in [0.29, 0.717) is 51.5 Å². The largest absolute Gasteiger partial charge is 0.436 e. The maximum absolute atomic E-state index is 6.15. The molecule has 0 aliphatic rings. The fraction of sp³-hybridized carbons (Fsp3) is 0. The number of fused-ring (bicyclic) bond motifs is 5. The average molecular weight is 709 g/mol. The molecule has 0 aliphatic carbocycles. The molecule has 55 heavy (non-hydrogen) atoms. The summed E-state index contributed by atoms with van der Waals surface area (Å²) in [5, 5.41) is 2.17. The van der Waals surface area contributed by atoms with E-state index in [1.807, 2.05) is 103 Å². The number of nitrogens with zero attached hydrogens (tertiary/aromatic N) is 6. The Hall–Kier alpha value is -7.71. The van der Waals surface area contributed by atoms with Crippen molar-refractivity contribution in [2.24, 2.45) is 0 Å².